The molecule has 94 valence electrons. The van der Waals surface area contributed by atoms with Gasteiger partial charge in [-0.05, 0) is 43.5 Å². The lowest BCUT2D eigenvalue weighted by Crippen LogP contribution is -2.50. The number of hydrogen-bond donors (Lipinski definition) is 1. The molecule has 1 aliphatic rings. The minimum Gasteiger partial charge on any atom is -0.368 e. The standard InChI is InChI=1S/C14H21BrN2/c1-4-13-9-17(6-5-16-13)14-10(2)7-12(15)8-11(14)3/h7-8,13,16H,4-6,9H2,1-3H3. The Balaban J connectivity index is 2.27. The molecule has 1 aliphatic heterocycles. The molecule has 1 aromatic carbocycles. The van der Waals surface area contributed by atoms with Gasteiger partial charge < -0.3 is 10.2 Å². The molecule has 1 saturated heterocycles. The molecule has 1 fully saturated rings. The second kappa shape index (κ2) is 5.40. The third-order valence-electron chi connectivity index (χ3n) is 3.52. The van der Waals surface area contributed by atoms with Crippen LogP contribution in [0, 0.1) is 13.8 Å². The van der Waals surface area contributed by atoms with E-state index in [1.807, 2.05) is 0 Å². The lowest BCUT2D eigenvalue weighted by atomic mass is 10.1. The summed E-state index contributed by atoms with van der Waals surface area (Å²) in [6.07, 6.45) is 1.20. The zero-order valence-corrected chi connectivity index (χ0v) is 12.5. The van der Waals surface area contributed by atoms with E-state index in [2.05, 4.69) is 59.1 Å². The van der Waals surface area contributed by atoms with E-state index in [0.717, 1.165) is 19.6 Å². The molecule has 0 saturated carbocycles. The fraction of sp³-hybridized carbons (Fsp3) is 0.571. The maximum Gasteiger partial charge on any atom is 0.0427 e. The van der Waals surface area contributed by atoms with Crippen molar-refractivity contribution in [2.75, 3.05) is 24.5 Å². The van der Waals surface area contributed by atoms with Crippen LogP contribution in [0.15, 0.2) is 16.6 Å². The van der Waals surface area contributed by atoms with Crippen molar-refractivity contribution in [3.05, 3.63) is 27.7 Å². The van der Waals surface area contributed by atoms with E-state index >= 15 is 0 Å². The second-order valence-corrected chi connectivity index (χ2v) is 5.81. The van der Waals surface area contributed by atoms with Crippen LogP contribution < -0.4 is 10.2 Å². The summed E-state index contributed by atoms with van der Waals surface area (Å²) in [4.78, 5) is 2.53. The number of piperazine rings is 1. The summed E-state index contributed by atoms with van der Waals surface area (Å²) in [5, 5.41) is 3.57. The van der Waals surface area contributed by atoms with Gasteiger partial charge in [-0.2, -0.15) is 0 Å². The van der Waals surface area contributed by atoms with Crippen molar-refractivity contribution in [3.63, 3.8) is 0 Å². The fourth-order valence-corrected chi connectivity index (χ4v) is 3.39. The molecule has 2 nitrogen and oxygen atoms in total. The Morgan fingerprint density at radius 2 is 2.00 bits per heavy atom. The monoisotopic (exact) mass is 296 g/mol. The third kappa shape index (κ3) is 2.83. The predicted octanol–water partition coefficient (Wildman–Crippen LogP) is 3.25. The number of anilines is 1. The number of hydrogen-bond acceptors (Lipinski definition) is 2. The highest BCUT2D eigenvalue weighted by Gasteiger charge is 2.20. The summed E-state index contributed by atoms with van der Waals surface area (Å²) in [5.41, 5.74) is 4.16. The molecule has 0 aliphatic carbocycles. The Labute approximate surface area is 113 Å². The van der Waals surface area contributed by atoms with Crippen LogP contribution in [-0.4, -0.2) is 25.7 Å². The van der Waals surface area contributed by atoms with Crippen molar-refractivity contribution in [2.24, 2.45) is 0 Å². The van der Waals surface area contributed by atoms with Crippen LogP contribution >= 0.6 is 15.9 Å². The number of benzene rings is 1. The first kappa shape index (κ1) is 12.9. The first-order valence-electron chi connectivity index (χ1n) is 6.37. The first-order chi connectivity index (χ1) is 8.11. The molecular formula is C14H21BrN2. The van der Waals surface area contributed by atoms with Gasteiger partial charge in [0.1, 0.15) is 0 Å². The van der Waals surface area contributed by atoms with Gasteiger partial charge in [0.05, 0.1) is 0 Å². The molecule has 3 heteroatoms. The van der Waals surface area contributed by atoms with Crippen molar-refractivity contribution in [1.29, 1.82) is 0 Å². The second-order valence-electron chi connectivity index (χ2n) is 4.89. The largest absolute Gasteiger partial charge is 0.368 e. The van der Waals surface area contributed by atoms with E-state index in [9.17, 15) is 0 Å². The first-order valence-corrected chi connectivity index (χ1v) is 7.16. The summed E-state index contributed by atoms with van der Waals surface area (Å²) >= 11 is 3.57. The third-order valence-corrected chi connectivity index (χ3v) is 3.98. The van der Waals surface area contributed by atoms with Crippen LogP contribution in [0.2, 0.25) is 0 Å². The fourth-order valence-electron chi connectivity index (χ4n) is 2.70. The highest BCUT2D eigenvalue weighted by molar-refractivity contribution is 9.10. The van der Waals surface area contributed by atoms with Crippen LogP contribution in [-0.2, 0) is 0 Å². The number of nitrogens with one attached hydrogen (secondary N) is 1. The summed E-state index contributed by atoms with van der Waals surface area (Å²) in [6.45, 7) is 9.99. The van der Waals surface area contributed by atoms with E-state index < -0.39 is 0 Å². The highest BCUT2D eigenvalue weighted by atomic mass is 79.9. The van der Waals surface area contributed by atoms with Gasteiger partial charge in [-0.25, -0.2) is 0 Å². The number of aryl methyl sites for hydroxylation is 2. The van der Waals surface area contributed by atoms with Gasteiger partial charge in [0.15, 0.2) is 0 Å². The average molecular weight is 297 g/mol. The molecule has 1 unspecified atom stereocenters. The number of halogens is 1. The molecule has 1 heterocycles. The van der Waals surface area contributed by atoms with Crippen LogP contribution in [0.5, 0.6) is 0 Å². The summed E-state index contributed by atoms with van der Waals surface area (Å²) in [5.74, 6) is 0. The molecule has 1 N–H and O–H groups in total. The minimum atomic E-state index is 0.631. The van der Waals surface area contributed by atoms with Crippen molar-refractivity contribution in [2.45, 2.75) is 33.2 Å². The van der Waals surface area contributed by atoms with Crippen LogP contribution in [0.1, 0.15) is 24.5 Å². The SMILES string of the molecule is CCC1CN(c2c(C)cc(Br)cc2C)CCN1. The van der Waals surface area contributed by atoms with Gasteiger partial charge in [0.25, 0.3) is 0 Å². The smallest absolute Gasteiger partial charge is 0.0427 e. The zero-order chi connectivity index (χ0) is 12.4. The summed E-state index contributed by atoms with van der Waals surface area (Å²) in [7, 11) is 0. The van der Waals surface area contributed by atoms with Crippen molar-refractivity contribution >= 4 is 21.6 Å². The van der Waals surface area contributed by atoms with Crippen LogP contribution in [0.4, 0.5) is 5.69 Å². The number of rotatable bonds is 2. The number of nitrogens with zero attached hydrogens (tertiary/aromatic N) is 1. The van der Waals surface area contributed by atoms with Gasteiger partial charge in [-0.1, -0.05) is 22.9 Å². The van der Waals surface area contributed by atoms with Crippen molar-refractivity contribution in [1.82, 2.24) is 5.32 Å². The van der Waals surface area contributed by atoms with Crippen LogP contribution in [0.3, 0.4) is 0 Å². The molecule has 0 radical (unpaired) electrons. The average Bonchev–Trinajstić information content (AvgIpc) is 2.28. The van der Waals surface area contributed by atoms with Gasteiger partial charge >= 0.3 is 0 Å². The quantitative estimate of drug-likeness (QED) is 0.901. The van der Waals surface area contributed by atoms with E-state index in [1.54, 1.807) is 0 Å². The Hall–Kier alpha value is -0.540. The molecule has 1 aromatic rings. The molecule has 0 amide bonds. The maximum atomic E-state index is 3.57. The molecule has 17 heavy (non-hydrogen) atoms. The summed E-state index contributed by atoms with van der Waals surface area (Å²) < 4.78 is 1.18. The summed E-state index contributed by atoms with van der Waals surface area (Å²) in [6, 6.07) is 5.06. The molecule has 0 aromatic heterocycles. The van der Waals surface area contributed by atoms with Crippen LogP contribution in [0.25, 0.3) is 0 Å². The van der Waals surface area contributed by atoms with Gasteiger partial charge in [0.2, 0.25) is 0 Å². The Morgan fingerprint density at radius 3 is 2.59 bits per heavy atom. The van der Waals surface area contributed by atoms with E-state index in [-0.39, 0.29) is 0 Å². The topological polar surface area (TPSA) is 15.3 Å². The van der Waals surface area contributed by atoms with Gasteiger partial charge in [-0.3, -0.25) is 0 Å². The van der Waals surface area contributed by atoms with Gasteiger partial charge in [-0.15, -0.1) is 0 Å². The Morgan fingerprint density at radius 1 is 1.35 bits per heavy atom. The lowest BCUT2D eigenvalue weighted by molar-refractivity contribution is 0.446. The maximum absolute atomic E-state index is 3.57. The Kier molecular flexibility index (Phi) is 4.10. The van der Waals surface area contributed by atoms with E-state index in [0.29, 0.717) is 6.04 Å². The molecule has 2 rings (SSSR count). The normalized spacial score (nSPS) is 20.7. The minimum absolute atomic E-state index is 0.631. The molecule has 0 bridgehead atoms. The van der Waals surface area contributed by atoms with Gasteiger partial charge in [0, 0.05) is 35.8 Å². The molecule has 0 spiro atoms. The molecular weight excluding hydrogens is 276 g/mol. The zero-order valence-electron chi connectivity index (χ0n) is 10.9. The van der Waals surface area contributed by atoms with Crippen molar-refractivity contribution < 1.29 is 0 Å². The Bertz CT molecular complexity index is 380. The van der Waals surface area contributed by atoms with Crippen molar-refractivity contribution in [3.8, 4) is 0 Å². The van der Waals surface area contributed by atoms with E-state index in [4.69, 9.17) is 0 Å². The molecule has 1 atom stereocenters. The highest BCUT2D eigenvalue weighted by Crippen LogP contribution is 2.29. The van der Waals surface area contributed by atoms with E-state index in [1.165, 1.54) is 27.7 Å². The lowest BCUT2D eigenvalue weighted by Gasteiger charge is -2.36. The predicted molar refractivity (Wildman–Crippen MR) is 77.9 cm³/mol.